The molecule has 1 aliphatic heterocycles. The number of esters is 1. The van der Waals surface area contributed by atoms with Gasteiger partial charge in [-0.2, -0.15) is 0 Å². The van der Waals surface area contributed by atoms with Crippen LogP contribution in [0.2, 0.25) is 0 Å². The molecule has 10 heteroatoms. The average molecular weight is 528 g/mol. The normalized spacial score (nSPS) is 27.9. The van der Waals surface area contributed by atoms with Crippen molar-refractivity contribution in [2.24, 2.45) is 11.8 Å². The maximum absolute atomic E-state index is 13.6. The minimum atomic E-state index is -1.47. The number of para-hydroxylation sites is 1. The maximum Gasteiger partial charge on any atom is 0.329 e. The fourth-order valence-electron chi connectivity index (χ4n) is 4.41. The van der Waals surface area contributed by atoms with Crippen molar-refractivity contribution in [1.82, 2.24) is 16.0 Å². The number of phenols is 1. The van der Waals surface area contributed by atoms with E-state index in [9.17, 15) is 29.7 Å². The van der Waals surface area contributed by atoms with Crippen LogP contribution >= 0.6 is 0 Å². The lowest BCUT2D eigenvalue weighted by Gasteiger charge is -2.34. The van der Waals surface area contributed by atoms with E-state index in [0.717, 1.165) is 5.56 Å². The Hall–Kier alpha value is -3.47. The lowest BCUT2D eigenvalue weighted by Crippen LogP contribution is -2.60. The van der Waals surface area contributed by atoms with Crippen LogP contribution in [0.1, 0.15) is 45.0 Å². The van der Waals surface area contributed by atoms with Crippen molar-refractivity contribution in [3.8, 4) is 5.75 Å². The summed E-state index contributed by atoms with van der Waals surface area (Å²) in [4.78, 5) is 39.6. The molecule has 0 aliphatic carbocycles. The van der Waals surface area contributed by atoms with Crippen LogP contribution in [-0.4, -0.2) is 63.4 Å². The summed E-state index contributed by atoms with van der Waals surface area (Å²) in [6.45, 7) is 6.50. The monoisotopic (exact) mass is 527 g/mol. The summed E-state index contributed by atoms with van der Waals surface area (Å²) in [5.74, 6) is -3.43. The van der Waals surface area contributed by atoms with Gasteiger partial charge in [0.2, 0.25) is 11.8 Å². The van der Waals surface area contributed by atoms with Crippen molar-refractivity contribution in [3.05, 3.63) is 65.7 Å². The number of carbonyl (C=O) groups excluding carboxylic acids is 3. The number of carbonyl (C=O) groups is 3. The highest BCUT2D eigenvalue weighted by molar-refractivity contribution is 5.88. The number of phenolic OH excluding ortho intramolecular Hbond substituents is 1. The molecule has 7 atom stereocenters. The van der Waals surface area contributed by atoms with Crippen LogP contribution < -0.4 is 16.0 Å². The smallest absolute Gasteiger partial charge is 0.329 e. The first-order chi connectivity index (χ1) is 18.0. The Morgan fingerprint density at radius 2 is 1.58 bits per heavy atom. The third-order valence-electron chi connectivity index (χ3n) is 6.81. The number of amides is 2. The van der Waals surface area contributed by atoms with Crippen molar-refractivity contribution >= 4 is 17.8 Å². The molecule has 2 amide bonds. The predicted octanol–water partition coefficient (Wildman–Crippen LogP) is 1.15. The summed E-state index contributed by atoms with van der Waals surface area (Å²) in [5, 5.41) is 40.4. The standard InChI is InChI=1S/C28H37N3O7/c1-15(2)22-28(37)38-17(4)23(31-26(35)19-12-8-9-13-21(19)32)27(36)29-20(14-18-10-6-5-7-11-18)24(33)16(3)25(34)30-22/h5-13,15-17,20,22-24,26,31-33,35H,14H2,1-4H3,(H,29,36)(H,30,34). The lowest BCUT2D eigenvalue weighted by atomic mass is 9.91. The Bertz CT molecular complexity index is 1110. The molecule has 3 rings (SSSR count). The molecule has 1 heterocycles. The summed E-state index contributed by atoms with van der Waals surface area (Å²) >= 11 is 0. The second kappa shape index (κ2) is 12.9. The molecule has 10 nitrogen and oxygen atoms in total. The van der Waals surface area contributed by atoms with E-state index in [0.29, 0.717) is 0 Å². The van der Waals surface area contributed by atoms with Gasteiger partial charge in [-0.1, -0.05) is 69.3 Å². The number of cyclic esters (lactones) is 1. The van der Waals surface area contributed by atoms with Crippen LogP contribution in [0.5, 0.6) is 5.75 Å². The molecule has 0 aromatic heterocycles. The lowest BCUT2D eigenvalue weighted by molar-refractivity contribution is -0.158. The molecule has 1 saturated heterocycles. The Morgan fingerprint density at radius 1 is 0.947 bits per heavy atom. The molecule has 1 aliphatic rings. The summed E-state index contributed by atoms with van der Waals surface area (Å²) < 4.78 is 5.60. The van der Waals surface area contributed by atoms with Gasteiger partial charge in [-0.25, -0.2) is 4.79 Å². The zero-order valence-corrected chi connectivity index (χ0v) is 22.0. The molecule has 0 saturated carbocycles. The van der Waals surface area contributed by atoms with Gasteiger partial charge in [-0.05, 0) is 30.9 Å². The fourth-order valence-corrected chi connectivity index (χ4v) is 4.41. The average Bonchev–Trinajstić information content (AvgIpc) is 2.88. The number of aliphatic hydroxyl groups excluding tert-OH is 2. The van der Waals surface area contributed by atoms with Crippen LogP contribution in [0.4, 0.5) is 0 Å². The molecule has 206 valence electrons. The first-order valence-corrected chi connectivity index (χ1v) is 12.7. The molecule has 0 bridgehead atoms. The number of hydrogen-bond donors (Lipinski definition) is 6. The van der Waals surface area contributed by atoms with Gasteiger partial charge in [0.15, 0.2) is 0 Å². The van der Waals surface area contributed by atoms with Gasteiger partial charge in [-0.15, -0.1) is 0 Å². The maximum atomic E-state index is 13.6. The van der Waals surface area contributed by atoms with Crippen molar-refractivity contribution < 1.29 is 34.4 Å². The number of ether oxygens (including phenoxy) is 1. The van der Waals surface area contributed by atoms with Gasteiger partial charge < -0.3 is 30.7 Å². The summed E-state index contributed by atoms with van der Waals surface area (Å²) in [6, 6.07) is 12.1. The fraction of sp³-hybridized carbons (Fsp3) is 0.464. The summed E-state index contributed by atoms with van der Waals surface area (Å²) in [5.41, 5.74) is 0.960. The molecule has 2 aromatic rings. The van der Waals surface area contributed by atoms with E-state index in [2.05, 4.69) is 16.0 Å². The Labute approximate surface area is 222 Å². The predicted molar refractivity (Wildman–Crippen MR) is 140 cm³/mol. The number of aliphatic hydroxyl groups is 2. The third kappa shape index (κ3) is 7.09. The second-order valence-corrected chi connectivity index (χ2v) is 10.1. The topological polar surface area (TPSA) is 157 Å². The van der Waals surface area contributed by atoms with E-state index in [1.165, 1.54) is 26.0 Å². The minimum Gasteiger partial charge on any atom is -0.508 e. The molecular weight excluding hydrogens is 490 g/mol. The van der Waals surface area contributed by atoms with Crippen LogP contribution in [0, 0.1) is 11.8 Å². The first kappa shape index (κ1) is 29.1. The molecule has 7 unspecified atom stereocenters. The highest BCUT2D eigenvalue weighted by Gasteiger charge is 2.39. The number of benzene rings is 2. The molecule has 0 radical (unpaired) electrons. The largest absolute Gasteiger partial charge is 0.508 e. The van der Waals surface area contributed by atoms with Crippen molar-refractivity contribution in [3.63, 3.8) is 0 Å². The zero-order chi connectivity index (χ0) is 28.0. The van der Waals surface area contributed by atoms with Crippen molar-refractivity contribution in [1.29, 1.82) is 0 Å². The molecule has 1 fully saturated rings. The summed E-state index contributed by atoms with van der Waals surface area (Å²) in [7, 11) is 0. The van der Waals surface area contributed by atoms with Gasteiger partial charge in [0.05, 0.1) is 18.1 Å². The zero-order valence-electron chi connectivity index (χ0n) is 22.0. The van der Waals surface area contributed by atoms with E-state index >= 15 is 0 Å². The van der Waals surface area contributed by atoms with Crippen LogP contribution in [0.15, 0.2) is 54.6 Å². The van der Waals surface area contributed by atoms with Gasteiger partial charge in [0.1, 0.15) is 30.2 Å². The molecule has 0 spiro atoms. The van der Waals surface area contributed by atoms with Crippen LogP contribution in [-0.2, 0) is 25.5 Å². The van der Waals surface area contributed by atoms with Crippen LogP contribution in [0.3, 0.4) is 0 Å². The Morgan fingerprint density at radius 3 is 2.21 bits per heavy atom. The van der Waals surface area contributed by atoms with E-state index in [-0.39, 0.29) is 23.7 Å². The quantitative estimate of drug-likeness (QED) is 0.241. The number of nitrogens with one attached hydrogen (secondary N) is 3. The number of rotatable bonds is 6. The number of aromatic hydroxyl groups is 1. The summed E-state index contributed by atoms with van der Waals surface area (Å²) in [6.07, 6.45) is -3.63. The Balaban J connectivity index is 1.98. The molecule has 6 N–H and O–H groups in total. The van der Waals surface area contributed by atoms with Crippen molar-refractivity contribution in [2.45, 2.75) is 70.7 Å². The van der Waals surface area contributed by atoms with Gasteiger partial charge in [0, 0.05) is 5.56 Å². The second-order valence-electron chi connectivity index (χ2n) is 10.1. The van der Waals surface area contributed by atoms with E-state index < -0.39 is 60.3 Å². The minimum absolute atomic E-state index is 0.131. The van der Waals surface area contributed by atoms with Gasteiger partial charge in [-0.3, -0.25) is 14.9 Å². The molecule has 38 heavy (non-hydrogen) atoms. The van der Waals surface area contributed by atoms with E-state index in [1.54, 1.807) is 26.0 Å². The SMILES string of the molecule is CC(C)C1NC(=O)C(C)C(O)C(Cc2ccccc2)NC(=O)C(NC(O)c2ccccc2O)C(C)OC1=O. The van der Waals surface area contributed by atoms with E-state index in [1.807, 2.05) is 30.3 Å². The van der Waals surface area contributed by atoms with Gasteiger partial charge >= 0.3 is 5.97 Å². The van der Waals surface area contributed by atoms with E-state index in [4.69, 9.17) is 4.74 Å². The van der Waals surface area contributed by atoms with Crippen molar-refractivity contribution in [2.75, 3.05) is 0 Å². The number of hydrogen-bond acceptors (Lipinski definition) is 8. The third-order valence-corrected chi connectivity index (χ3v) is 6.81. The Kier molecular flexibility index (Phi) is 9.84. The molecule has 2 aromatic carbocycles. The highest BCUT2D eigenvalue weighted by atomic mass is 16.5. The van der Waals surface area contributed by atoms with Crippen LogP contribution in [0.25, 0.3) is 0 Å². The first-order valence-electron chi connectivity index (χ1n) is 12.7. The highest BCUT2D eigenvalue weighted by Crippen LogP contribution is 2.23. The molecular formula is C28H37N3O7. The van der Waals surface area contributed by atoms with Gasteiger partial charge in [0.25, 0.3) is 0 Å².